The summed E-state index contributed by atoms with van der Waals surface area (Å²) < 4.78 is 10.1. The number of hydrogen-bond donors (Lipinski definition) is 0. The highest BCUT2D eigenvalue weighted by Gasteiger charge is 2.50. The molecule has 1 aromatic rings. The van der Waals surface area contributed by atoms with E-state index in [-0.39, 0.29) is 17.6 Å². The summed E-state index contributed by atoms with van der Waals surface area (Å²) in [5.74, 6) is -2.04. The third-order valence-corrected chi connectivity index (χ3v) is 5.03. The molecule has 0 aromatic heterocycles. The number of likely N-dealkylation sites (tertiary alicyclic amines) is 1. The SMILES string of the molecule is COc1ccc(C(=O)COC(=O)[C@H](C)N2C(=O)[C@H]3CC=CC[C@H]3C2=O)cc1. The molecule has 1 aromatic carbocycles. The van der Waals surface area contributed by atoms with Crippen LogP contribution in [0.5, 0.6) is 5.75 Å². The molecule has 0 radical (unpaired) electrons. The minimum absolute atomic E-state index is 0.347. The Kier molecular flexibility index (Phi) is 5.39. The highest BCUT2D eigenvalue weighted by Crippen LogP contribution is 2.36. The number of methoxy groups -OCH3 is 1. The number of amides is 2. The topological polar surface area (TPSA) is 90.0 Å². The van der Waals surface area contributed by atoms with Crippen molar-refractivity contribution in [2.45, 2.75) is 25.8 Å². The molecule has 27 heavy (non-hydrogen) atoms. The number of allylic oxidation sites excluding steroid dienone is 2. The van der Waals surface area contributed by atoms with Gasteiger partial charge in [-0.05, 0) is 44.0 Å². The van der Waals surface area contributed by atoms with Crippen LogP contribution in [0.2, 0.25) is 0 Å². The number of ether oxygens (including phenoxy) is 2. The molecule has 7 nitrogen and oxygen atoms in total. The van der Waals surface area contributed by atoms with E-state index in [0.717, 1.165) is 4.90 Å². The van der Waals surface area contributed by atoms with Crippen LogP contribution in [-0.2, 0) is 19.1 Å². The van der Waals surface area contributed by atoms with Crippen molar-refractivity contribution >= 4 is 23.6 Å². The zero-order chi connectivity index (χ0) is 19.6. The molecule has 0 bridgehead atoms. The summed E-state index contributed by atoms with van der Waals surface area (Å²) >= 11 is 0. The fraction of sp³-hybridized carbons (Fsp3) is 0.400. The molecule has 142 valence electrons. The van der Waals surface area contributed by atoms with Crippen molar-refractivity contribution < 1.29 is 28.7 Å². The molecule has 0 spiro atoms. The molecule has 2 amide bonds. The molecule has 1 fully saturated rings. The molecule has 1 aliphatic carbocycles. The van der Waals surface area contributed by atoms with Crippen molar-refractivity contribution in [1.29, 1.82) is 0 Å². The second kappa shape index (κ2) is 7.73. The first-order chi connectivity index (χ1) is 12.9. The molecule has 1 saturated heterocycles. The summed E-state index contributed by atoms with van der Waals surface area (Å²) in [7, 11) is 1.52. The highest BCUT2D eigenvalue weighted by atomic mass is 16.5. The van der Waals surface area contributed by atoms with E-state index in [1.165, 1.54) is 14.0 Å². The van der Waals surface area contributed by atoms with Crippen LogP contribution >= 0.6 is 0 Å². The maximum absolute atomic E-state index is 12.5. The number of fused-ring (bicyclic) bond motifs is 1. The first-order valence-corrected chi connectivity index (χ1v) is 8.80. The van der Waals surface area contributed by atoms with Crippen LogP contribution in [0.15, 0.2) is 36.4 Å². The van der Waals surface area contributed by atoms with Crippen molar-refractivity contribution in [3.63, 3.8) is 0 Å². The van der Waals surface area contributed by atoms with E-state index in [0.29, 0.717) is 24.2 Å². The molecular weight excluding hydrogens is 350 g/mol. The minimum atomic E-state index is -1.06. The van der Waals surface area contributed by atoms with E-state index in [2.05, 4.69) is 0 Å². The molecule has 3 atom stereocenters. The van der Waals surface area contributed by atoms with Crippen molar-refractivity contribution in [1.82, 2.24) is 4.90 Å². The Morgan fingerprint density at radius 2 is 1.63 bits per heavy atom. The zero-order valence-electron chi connectivity index (χ0n) is 15.2. The van der Waals surface area contributed by atoms with Crippen LogP contribution in [0.25, 0.3) is 0 Å². The number of ketones is 1. The van der Waals surface area contributed by atoms with Gasteiger partial charge in [0.1, 0.15) is 11.8 Å². The Hall–Kier alpha value is -2.96. The Bertz CT molecular complexity index is 771. The molecule has 3 rings (SSSR count). The van der Waals surface area contributed by atoms with E-state index >= 15 is 0 Å². The van der Waals surface area contributed by atoms with Gasteiger partial charge >= 0.3 is 5.97 Å². The lowest BCUT2D eigenvalue weighted by Gasteiger charge is -2.21. The van der Waals surface area contributed by atoms with E-state index < -0.39 is 30.5 Å². The quantitative estimate of drug-likeness (QED) is 0.328. The lowest BCUT2D eigenvalue weighted by molar-refractivity contribution is -0.157. The fourth-order valence-corrected chi connectivity index (χ4v) is 3.43. The molecule has 0 unspecified atom stereocenters. The molecule has 0 saturated carbocycles. The molecule has 0 N–H and O–H groups in total. The maximum Gasteiger partial charge on any atom is 0.329 e. The van der Waals surface area contributed by atoms with Crippen LogP contribution in [0, 0.1) is 11.8 Å². The second-order valence-corrected chi connectivity index (χ2v) is 6.64. The van der Waals surface area contributed by atoms with Crippen LogP contribution in [-0.4, -0.2) is 48.2 Å². The summed E-state index contributed by atoms with van der Waals surface area (Å²) in [5.41, 5.74) is 0.377. The summed E-state index contributed by atoms with van der Waals surface area (Å²) in [4.78, 5) is 50.4. The second-order valence-electron chi connectivity index (χ2n) is 6.64. The first kappa shape index (κ1) is 18.8. The van der Waals surface area contributed by atoms with E-state index in [9.17, 15) is 19.2 Å². The normalized spacial score (nSPS) is 22.4. The van der Waals surface area contributed by atoms with E-state index in [4.69, 9.17) is 9.47 Å². The van der Waals surface area contributed by atoms with E-state index in [1.54, 1.807) is 24.3 Å². The third-order valence-electron chi connectivity index (χ3n) is 5.03. The number of esters is 1. The number of benzene rings is 1. The smallest absolute Gasteiger partial charge is 0.329 e. The molecule has 2 aliphatic rings. The number of carbonyl (C=O) groups excluding carboxylic acids is 4. The Balaban J connectivity index is 1.59. The largest absolute Gasteiger partial charge is 0.497 e. The number of hydrogen-bond acceptors (Lipinski definition) is 6. The van der Waals surface area contributed by atoms with Crippen LogP contribution in [0.4, 0.5) is 0 Å². The summed E-state index contributed by atoms with van der Waals surface area (Å²) in [6.07, 6.45) is 4.77. The predicted molar refractivity (Wildman–Crippen MR) is 95.0 cm³/mol. The molecule has 7 heteroatoms. The van der Waals surface area contributed by atoms with Crippen LogP contribution < -0.4 is 4.74 Å². The number of carbonyl (C=O) groups is 4. The minimum Gasteiger partial charge on any atom is -0.497 e. The third kappa shape index (κ3) is 3.63. The summed E-state index contributed by atoms with van der Waals surface area (Å²) in [5, 5.41) is 0. The standard InChI is InChI=1S/C20H21NO6/c1-12(21-18(23)15-5-3-4-6-16(15)19(21)24)20(25)27-11-17(22)13-7-9-14(26-2)10-8-13/h3-4,7-10,12,15-16H,5-6,11H2,1-2H3/t12-,15-,16+/m0/s1. The zero-order valence-corrected chi connectivity index (χ0v) is 15.2. The van der Waals surface area contributed by atoms with Crippen molar-refractivity contribution in [2.75, 3.05) is 13.7 Å². The van der Waals surface area contributed by atoms with E-state index in [1.807, 2.05) is 12.2 Å². The number of nitrogens with zero attached hydrogens (tertiary/aromatic N) is 1. The van der Waals surface area contributed by atoms with Gasteiger partial charge in [-0.25, -0.2) is 4.79 Å². The average Bonchev–Trinajstić information content (AvgIpc) is 2.96. The first-order valence-electron chi connectivity index (χ1n) is 8.80. The Morgan fingerprint density at radius 3 is 2.15 bits per heavy atom. The summed E-state index contributed by atoms with van der Waals surface area (Å²) in [6.45, 7) is 0.987. The van der Waals surface area contributed by atoms with Gasteiger partial charge in [0.15, 0.2) is 12.4 Å². The summed E-state index contributed by atoms with van der Waals surface area (Å²) in [6, 6.07) is 5.36. The van der Waals surface area contributed by atoms with Gasteiger partial charge in [-0.2, -0.15) is 0 Å². The highest BCUT2D eigenvalue weighted by molar-refractivity contribution is 6.08. The van der Waals surface area contributed by atoms with Gasteiger partial charge in [-0.3, -0.25) is 19.3 Å². The van der Waals surface area contributed by atoms with Crippen molar-refractivity contribution in [3.05, 3.63) is 42.0 Å². The van der Waals surface area contributed by atoms with Gasteiger partial charge < -0.3 is 9.47 Å². The van der Waals surface area contributed by atoms with Gasteiger partial charge in [0.25, 0.3) is 0 Å². The van der Waals surface area contributed by atoms with Gasteiger partial charge in [0.05, 0.1) is 18.9 Å². The van der Waals surface area contributed by atoms with Crippen LogP contribution in [0.1, 0.15) is 30.1 Å². The maximum atomic E-state index is 12.5. The molecule has 1 heterocycles. The lowest BCUT2D eigenvalue weighted by atomic mass is 9.85. The molecular formula is C20H21NO6. The fourth-order valence-electron chi connectivity index (χ4n) is 3.43. The average molecular weight is 371 g/mol. The van der Waals surface area contributed by atoms with Gasteiger partial charge in [0.2, 0.25) is 11.8 Å². The number of Topliss-reactive ketones (excluding diaryl/α,β-unsaturated/α-hetero) is 1. The van der Waals surface area contributed by atoms with Crippen molar-refractivity contribution in [3.8, 4) is 5.75 Å². The Labute approximate surface area is 156 Å². The van der Waals surface area contributed by atoms with Gasteiger partial charge in [-0.1, -0.05) is 12.2 Å². The Morgan fingerprint density at radius 1 is 1.07 bits per heavy atom. The van der Waals surface area contributed by atoms with Gasteiger partial charge in [-0.15, -0.1) is 0 Å². The number of imide groups is 1. The molecule has 1 aliphatic heterocycles. The van der Waals surface area contributed by atoms with Crippen molar-refractivity contribution in [2.24, 2.45) is 11.8 Å². The lowest BCUT2D eigenvalue weighted by Crippen LogP contribution is -2.44. The van der Waals surface area contributed by atoms with Crippen LogP contribution in [0.3, 0.4) is 0 Å². The number of rotatable bonds is 6. The predicted octanol–water partition coefficient (Wildman–Crippen LogP) is 1.76. The van der Waals surface area contributed by atoms with Gasteiger partial charge in [0, 0.05) is 5.56 Å². The monoisotopic (exact) mass is 371 g/mol.